The minimum absolute atomic E-state index is 0.0646. The van der Waals surface area contributed by atoms with Crippen molar-refractivity contribution in [1.29, 1.82) is 0 Å². The van der Waals surface area contributed by atoms with Crippen LogP contribution in [0.2, 0.25) is 0 Å². The molecule has 2 fully saturated rings. The van der Waals surface area contributed by atoms with Gasteiger partial charge >= 0.3 is 0 Å². The van der Waals surface area contributed by atoms with Gasteiger partial charge in [-0.25, -0.2) is 8.78 Å². The number of nitrogens with zero attached hydrogens (tertiary/aromatic N) is 1. The Balaban J connectivity index is 1.81. The quantitative estimate of drug-likeness (QED) is 0.850. The molecular formula is C15H14F2N2OS. The summed E-state index contributed by atoms with van der Waals surface area (Å²) in [6.45, 7) is 0. The zero-order valence-electron chi connectivity index (χ0n) is 11.2. The van der Waals surface area contributed by atoms with Crippen LogP contribution in [0.1, 0.15) is 31.2 Å². The number of amidine groups is 1. The number of benzene rings is 1. The second kappa shape index (κ2) is 5.97. The molecular weight excluding hydrogens is 294 g/mol. The molecule has 3 nitrogen and oxygen atoms in total. The summed E-state index contributed by atoms with van der Waals surface area (Å²) in [7, 11) is 0. The lowest BCUT2D eigenvalue weighted by molar-refractivity contribution is -0.115. The molecule has 1 N–H and O–H groups in total. The number of amides is 1. The van der Waals surface area contributed by atoms with Crippen LogP contribution in [0.3, 0.4) is 0 Å². The van der Waals surface area contributed by atoms with E-state index in [2.05, 4.69) is 10.3 Å². The van der Waals surface area contributed by atoms with E-state index in [1.54, 1.807) is 0 Å². The number of hydrogen-bond acceptors (Lipinski definition) is 3. The molecule has 1 aliphatic heterocycles. The van der Waals surface area contributed by atoms with Crippen LogP contribution in [-0.2, 0) is 4.79 Å². The summed E-state index contributed by atoms with van der Waals surface area (Å²) in [5.74, 6) is -1.41. The number of halogens is 2. The van der Waals surface area contributed by atoms with E-state index in [1.165, 1.54) is 17.8 Å². The zero-order valence-corrected chi connectivity index (χ0v) is 12.1. The monoisotopic (exact) mass is 308 g/mol. The Hall–Kier alpha value is -1.69. The lowest BCUT2D eigenvalue weighted by atomic mass is 10.2. The molecule has 0 radical (unpaired) electrons. The predicted octanol–water partition coefficient (Wildman–Crippen LogP) is 3.47. The van der Waals surface area contributed by atoms with Crippen molar-refractivity contribution in [2.24, 2.45) is 4.99 Å². The highest BCUT2D eigenvalue weighted by molar-refractivity contribution is 8.18. The Morgan fingerprint density at radius 1 is 1.29 bits per heavy atom. The number of rotatable bonds is 2. The van der Waals surface area contributed by atoms with Crippen LogP contribution in [0.15, 0.2) is 28.1 Å². The summed E-state index contributed by atoms with van der Waals surface area (Å²) in [5, 5.41) is 3.23. The standard InChI is InChI=1S/C15H14F2N2OS/c16-10-5-6-12(17)9(7-10)8-13-14(20)19-15(21-13)18-11-3-1-2-4-11/h5-8,11H,1-4H2,(H,18,19,20)/b13-8-. The molecule has 0 bridgehead atoms. The van der Waals surface area contributed by atoms with Gasteiger partial charge in [0.05, 0.1) is 10.9 Å². The number of hydrogen-bond donors (Lipinski definition) is 1. The Morgan fingerprint density at radius 3 is 2.81 bits per heavy atom. The van der Waals surface area contributed by atoms with Crippen LogP contribution in [0.25, 0.3) is 6.08 Å². The first-order valence-corrected chi connectivity index (χ1v) is 7.67. The van der Waals surface area contributed by atoms with Gasteiger partial charge < -0.3 is 5.32 Å². The van der Waals surface area contributed by atoms with Gasteiger partial charge in [-0.2, -0.15) is 0 Å². The lowest BCUT2D eigenvalue weighted by Gasteiger charge is -2.02. The maximum absolute atomic E-state index is 13.6. The van der Waals surface area contributed by atoms with Crippen molar-refractivity contribution in [2.45, 2.75) is 31.7 Å². The average molecular weight is 308 g/mol. The summed E-state index contributed by atoms with van der Waals surface area (Å²) in [5.41, 5.74) is 0.0646. The van der Waals surface area contributed by atoms with Crippen molar-refractivity contribution in [2.75, 3.05) is 0 Å². The lowest BCUT2D eigenvalue weighted by Crippen LogP contribution is -2.21. The van der Waals surface area contributed by atoms with E-state index in [-0.39, 0.29) is 17.5 Å². The predicted molar refractivity (Wildman–Crippen MR) is 79.8 cm³/mol. The molecule has 1 aromatic carbocycles. The first-order chi connectivity index (χ1) is 10.1. The van der Waals surface area contributed by atoms with Gasteiger partial charge in [-0.15, -0.1) is 0 Å². The highest BCUT2D eigenvalue weighted by atomic mass is 32.2. The van der Waals surface area contributed by atoms with E-state index in [0.29, 0.717) is 10.1 Å². The van der Waals surface area contributed by atoms with Gasteiger partial charge in [0.2, 0.25) is 0 Å². The normalized spacial score (nSPS) is 23.2. The molecule has 0 spiro atoms. The fourth-order valence-corrected chi connectivity index (χ4v) is 3.34. The smallest absolute Gasteiger partial charge is 0.264 e. The number of carbonyl (C=O) groups excluding carboxylic acids is 1. The van der Waals surface area contributed by atoms with Gasteiger partial charge in [0.1, 0.15) is 11.6 Å². The summed E-state index contributed by atoms with van der Waals surface area (Å²) in [4.78, 5) is 16.7. The zero-order chi connectivity index (χ0) is 14.8. The van der Waals surface area contributed by atoms with Gasteiger partial charge in [-0.1, -0.05) is 12.8 Å². The molecule has 110 valence electrons. The fourth-order valence-electron chi connectivity index (χ4n) is 2.45. The molecule has 1 heterocycles. The average Bonchev–Trinajstić information content (AvgIpc) is 3.05. The van der Waals surface area contributed by atoms with Crippen LogP contribution in [-0.4, -0.2) is 17.1 Å². The van der Waals surface area contributed by atoms with Crippen molar-refractivity contribution in [1.82, 2.24) is 5.32 Å². The van der Waals surface area contributed by atoms with Crippen molar-refractivity contribution in [3.05, 3.63) is 40.3 Å². The fraction of sp³-hybridized carbons (Fsp3) is 0.333. The van der Waals surface area contributed by atoms with Gasteiger partial charge in [0.25, 0.3) is 5.91 Å². The molecule has 0 aromatic heterocycles. The van der Waals surface area contributed by atoms with E-state index < -0.39 is 11.6 Å². The van der Waals surface area contributed by atoms with Crippen molar-refractivity contribution in [3.63, 3.8) is 0 Å². The molecule has 1 aliphatic carbocycles. The van der Waals surface area contributed by atoms with E-state index in [1.807, 2.05) is 0 Å². The summed E-state index contributed by atoms with van der Waals surface area (Å²) >= 11 is 1.18. The van der Waals surface area contributed by atoms with E-state index in [4.69, 9.17) is 0 Å². The SMILES string of the molecule is O=C1NC(=NC2CCCC2)S/C1=C\c1cc(F)ccc1F. The van der Waals surface area contributed by atoms with Gasteiger partial charge in [-0.3, -0.25) is 9.79 Å². The molecule has 1 saturated heterocycles. The largest absolute Gasteiger partial charge is 0.301 e. The number of nitrogens with one attached hydrogen (secondary N) is 1. The summed E-state index contributed by atoms with van der Waals surface area (Å²) in [6.07, 6.45) is 5.76. The second-order valence-corrected chi connectivity index (χ2v) is 6.13. The van der Waals surface area contributed by atoms with Crippen LogP contribution >= 0.6 is 11.8 Å². The summed E-state index contributed by atoms with van der Waals surface area (Å²) in [6, 6.07) is 3.43. The Labute approximate surface area is 125 Å². The van der Waals surface area contributed by atoms with Crippen LogP contribution < -0.4 is 5.32 Å². The molecule has 2 aliphatic rings. The second-order valence-electron chi connectivity index (χ2n) is 5.10. The molecule has 0 atom stereocenters. The molecule has 21 heavy (non-hydrogen) atoms. The van der Waals surface area contributed by atoms with Gasteiger partial charge in [0.15, 0.2) is 5.17 Å². The highest BCUT2D eigenvalue weighted by Gasteiger charge is 2.26. The molecule has 1 aromatic rings. The Kier molecular flexibility index (Phi) is 4.05. The van der Waals surface area contributed by atoms with Gasteiger partial charge in [-0.05, 0) is 48.9 Å². The number of thioether (sulfide) groups is 1. The highest BCUT2D eigenvalue weighted by Crippen LogP contribution is 2.29. The minimum Gasteiger partial charge on any atom is -0.301 e. The molecule has 1 saturated carbocycles. The van der Waals surface area contributed by atoms with Crippen LogP contribution in [0.5, 0.6) is 0 Å². The Morgan fingerprint density at radius 2 is 2.05 bits per heavy atom. The third kappa shape index (κ3) is 3.32. The third-order valence-corrected chi connectivity index (χ3v) is 4.44. The number of aliphatic imine (C=N–C) groups is 1. The van der Waals surface area contributed by atoms with Crippen molar-refractivity contribution in [3.8, 4) is 0 Å². The molecule has 3 rings (SSSR count). The number of carbonyl (C=O) groups is 1. The van der Waals surface area contributed by atoms with Crippen LogP contribution in [0, 0.1) is 11.6 Å². The Bertz CT molecular complexity index is 637. The first-order valence-electron chi connectivity index (χ1n) is 6.85. The molecule has 1 amide bonds. The van der Waals surface area contributed by atoms with Crippen molar-refractivity contribution >= 4 is 28.9 Å². The minimum atomic E-state index is -0.557. The van der Waals surface area contributed by atoms with Gasteiger partial charge in [0, 0.05) is 5.56 Å². The summed E-state index contributed by atoms with van der Waals surface area (Å²) < 4.78 is 26.7. The maximum atomic E-state index is 13.6. The third-order valence-electron chi connectivity index (χ3n) is 3.52. The van der Waals surface area contributed by atoms with Crippen LogP contribution in [0.4, 0.5) is 8.78 Å². The van der Waals surface area contributed by atoms with E-state index in [0.717, 1.165) is 43.9 Å². The van der Waals surface area contributed by atoms with Crippen molar-refractivity contribution < 1.29 is 13.6 Å². The first kappa shape index (κ1) is 14.3. The van der Waals surface area contributed by atoms with E-state index in [9.17, 15) is 13.6 Å². The maximum Gasteiger partial charge on any atom is 0.264 e. The molecule has 6 heteroatoms. The van der Waals surface area contributed by atoms with E-state index >= 15 is 0 Å². The topological polar surface area (TPSA) is 41.5 Å². The molecule has 0 unspecified atom stereocenters.